The molecule has 0 spiro atoms. The molecule has 5 nitrogen and oxygen atoms in total. The van der Waals surface area contributed by atoms with Crippen LogP contribution in [0.5, 0.6) is 5.75 Å². The second kappa shape index (κ2) is 3.97. The van der Waals surface area contributed by atoms with Crippen molar-refractivity contribution >= 4 is 9.84 Å². The summed E-state index contributed by atoms with van der Waals surface area (Å²) in [5.41, 5.74) is 5.28. The highest BCUT2D eigenvalue weighted by atomic mass is 32.2. The fraction of sp³-hybridized carbons (Fsp3) is 0.417. The zero-order valence-electron chi connectivity index (χ0n) is 10.1. The Hall–Kier alpha value is -1.58. The summed E-state index contributed by atoms with van der Waals surface area (Å²) in [5, 5.41) is 8.24. The normalized spacial score (nSPS) is 30.6. The fourth-order valence-electron chi connectivity index (χ4n) is 2.37. The van der Waals surface area contributed by atoms with Crippen LogP contribution in [0.3, 0.4) is 0 Å². The number of nitrogens with zero attached hydrogens (tertiary/aromatic N) is 1. The van der Waals surface area contributed by atoms with Crippen LogP contribution in [0.1, 0.15) is 11.5 Å². The lowest BCUT2D eigenvalue weighted by atomic mass is 10.1. The average Bonchev–Trinajstić information content (AvgIpc) is 2.97. The van der Waals surface area contributed by atoms with Crippen LogP contribution >= 0.6 is 0 Å². The van der Waals surface area contributed by atoms with Crippen molar-refractivity contribution in [2.75, 3.05) is 13.4 Å². The van der Waals surface area contributed by atoms with E-state index in [1.165, 1.54) is 0 Å². The van der Waals surface area contributed by atoms with Gasteiger partial charge in [0.1, 0.15) is 16.5 Å². The van der Waals surface area contributed by atoms with Crippen molar-refractivity contribution < 1.29 is 13.2 Å². The van der Waals surface area contributed by atoms with Gasteiger partial charge in [0.15, 0.2) is 9.84 Å². The summed E-state index contributed by atoms with van der Waals surface area (Å²) in [5.74, 6) is 0.207. The molecule has 0 radical (unpaired) electrons. The van der Waals surface area contributed by atoms with E-state index < -0.39 is 26.5 Å². The Balaban J connectivity index is 2.37. The maximum Gasteiger partial charge on any atom is 0.153 e. The van der Waals surface area contributed by atoms with Gasteiger partial charge in [-0.1, -0.05) is 12.1 Å². The third-order valence-corrected chi connectivity index (χ3v) is 4.89. The molecule has 1 aromatic carbocycles. The summed E-state index contributed by atoms with van der Waals surface area (Å²) >= 11 is 0. The smallest absolute Gasteiger partial charge is 0.153 e. The second-order valence-electron chi connectivity index (χ2n) is 4.55. The maximum absolute atomic E-state index is 11.6. The third kappa shape index (κ3) is 1.85. The largest absolute Gasteiger partial charge is 0.497 e. The molecule has 1 aliphatic carbocycles. The Bertz CT molecular complexity index is 603. The molecule has 96 valence electrons. The quantitative estimate of drug-likeness (QED) is 0.856. The molecule has 6 heteroatoms. The molecule has 18 heavy (non-hydrogen) atoms. The molecular formula is C12H14N2O3S. The third-order valence-electron chi connectivity index (χ3n) is 3.31. The van der Waals surface area contributed by atoms with Crippen LogP contribution in [0.2, 0.25) is 0 Å². The van der Waals surface area contributed by atoms with Crippen molar-refractivity contribution in [1.82, 2.24) is 0 Å². The number of hydrogen-bond donors (Lipinski definition) is 1. The molecule has 0 bridgehead atoms. The van der Waals surface area contributed by atoms with Crippen LogP contribution in [0.4, 0.5) is 0 Å². The summed E-state index contributed by atoms with van der Waals surface area (Å²) in [4.78, 5) is 0. The van der Waals surface area contributed by atoms with Gasteiger partial charge >= 0.3 is 0 Å². The van der Waals surface area contributed by atoms with Gasteiger partial charge in [-0.3, -0.25) is 0 Å². The van der Waals surface area contributed by atoms with Crippen molar-refractivity contribution in [2.45, 2.75) is 16.7 Å². The second-order valence-corrected chi connectivity index (χ2v) is 6.71. The number of rotatable bonds is 3. The summed E-state index contributed by atoms with van der Waals surface area (Å²) in [6, 6.07) is 8.86. The Kier molecular flexibility index (Phi) is 2.84. The van der Waals surface area contributed by atoms with E-state index in [0.717, 1.165) is 11.8 Å². The van der Waals surface area contributed by atoms with Crippen molar-refractivity contribution in [3.05, 3.63) is 29.8 Å². The number of ether oxygens (including phenoxy) is 1. The first-order chi connectivity index (χ1) is 8.34. The highest BCUT2D eigenvalue weighted by molar-refractivity contribution is 7.91. The van der Waals surface area contributed by atoms with Gasteiger partial charge in [0.2, 0.25) is 0 Å². The first kappa shape index (κ1) is 12.9. The number of nitrogens with two attached hydrogens (primary N) is 1. The predicted octanol–water partition coefficient (Wildman–Crippen LogP) is 0.427. The summed E-state index contributed by atoms with van der Waals surface area (Å²) in [6.45, 7) is 0. The molecule has 1 aliphatic rings. The van der Waals surface area contributed by atoms with Gasteiger partial charge in [-0.2, -0.15) is 5.26 Å². The number of benzene rings is 1. The predicted molar refractivity (Wildman–Crippen MR) is 66.9 cm³/mol. The van der Waals surface area contributed by atoms with Crippen molar-refractivity contribution in [3.63, 3.8) is 0 Å². The summed E-state index contributed by atoms with van der Waals surface area (Å²) in [6.07, 6.45) is 1.11. The minimum absolute atomic E-state index is 0.469. The van der Waals surface area contributed by atoms with E-state index in [1.807, 2.05) is 6.07 Å². The molecule has 0 aromatic heterocycles. The molecule has 3 atom stereocenters. The number of hydrogen-bond acceptors (Lipinski definition) is 5. The van der Waals surface area contributed by atoms with Gasteiger partial charge < -0.3 is 10.5 Å². The van der Waals surface area contributed by atoms with E-state index in [-0.39, 0.29) is 0 Å². The first-order valence-corrected chi connectivity index (χ1v) is 7.33. The number of methoxy groups -OCH3 is 1. The molecule has 0 amide bonds. The molecule has 0 saturated heterocycles. The Labute approximate surface area is 106 Å². The maximum atomic E-state index is 11.6. The zero-order chi connectivity index (χ0) is 13.6. The summed E-state index contributed by atoms with van der Waals surface area (Å²) in [7, 11) is -1.79. The van der Waals surface area contributed by atoms with E-state index in [4.69, 9.17) is 15.7 Å². The molecule has 1 saturated carbocycles. The van der Waals surface area contributed by atoms with Gasteiger partial charge in [0.25, 0.3) is 0 Å². The van der Waals surface area contributed by atoms with Crippen LogP contribution < -0.4 is 10.5 Å². The SMILES string of the molecule is COc1ccc([C@H]2[C@@H](S(C)(=O)=O)[C@@]2(N)C#N)cc1. The van der Waals surface area contributed by atoms with Crippen molar-refractivity contribution in [1.29, 1.82) is 5.26 Å². The molecule has 0 heterocycles. The molecule has 2 N–H and O–H groups in total. The van der Waals surface area contributed by atoms with Crippen molar-refractivity contribution in [2.24, 2.45) is 5.73 Å². The van der Waals surface area contributed by atoms with E-state index >= 15 is 0 Å². The molecule has 1 aromatic rings. The minimum Gasteiger partial charge on any atom is -0.497 e. The Morgan fingerprint density at radius 3 is 2.28 bits per heavy atom. The van der Waals surface area contributed by atoms with Gasteiger partial charge in [-0.05, 0) is 17.7 Å². The zero-order valence-corrected chi connectivity index (χ0v) is 10.9. The molecule has 2 rings (SSSR count). The molecule has 1 fully saturated rings. The number of sulfone groups is 1. The van der Waals surface area contributed by atoms with E-state index in [9.17, 15) is 8.42 Å². The lowest BCUT2D eigenvalue weighted by molar-refractivity contribution is 0.414. The van der Waals surface area contributed by atoms with Crippen LogP contribution in [-0.4, -0.2) is 32.6 Å². The van der Waals surface area contributed by atoms with Gasteiger partial charge in [-0.15, -0.1) is 0 Å². The highest BCUT2D eigenvalue weighted by Crippen LogP contribution is 2.53. The highest BCUT2D eigenvalue weighted by Gasteiger charge is 2.69. The van der Waals surface area contributed by atoms with E-state index in [0.29, 0.717) is 5.75 Å². The molecular weight excluding hydrogens is 252 g/mol. The van der Waals surface area contributed by atoms with Crippen LogP contribution in [0.15, 0.2) is 24.3 Å². The van der Waals surface area contributed by atoms with E-state index in [1.54, 1.807) is 31.4 Å². The van der Waals surface area contributed by atoms with Gasteiger partial charge in [0, 0.05) is 12.2 Å². The van der Waals surface area contributed by atoms with Crippen LogP contribution in [0, 0.1) is 11.3 Å². The lowest BCUT2D eigenvalue weighted by Crippen LogP contribution is -2.28. The average molecular weight is 266 g/mol. The standard InChI is InChI=1S/C12H14N2O3S/c1-17-9-5-3-8(4-6-9)10-11(18(2,15)16)12(10,14)7-13/h3-6,10-11H,14H2,1-2H3/t10-,11+,12+/m0/s1. The van der Waals surface area contributed by atoms with E-state index in [2.05, 4.69) is 0 Å². The number of nitriles is 1. The first-order valence-electron chi connectivity index (χ1n) is 5.37. The van der Waals surface area contributed by atoms with Crippen LogP contribution in [-0.2, 0) is 9.84 Å². The van der Waals surface area contributed by atoms with Crippen LogP contribution in [0.25, 0.3) is 0 Å². The monoisotopic (exact) mass is 266 g/mol. The van der Waals surface area contributed by atoms with Crippen molar-refractivity contribution in [3.8, 4) is 11.8 Å². The fourth-order valence-corrected chi connectivity index (χ4v) is 4.08. The Morgan fingerprint density at radius 1 is 1.39 bits per heavy atom. The molecule has 0 unspecified atom stereocenters. The van der Waals surface area contributed by atoms with Gasteiger partial charge in [-0.25, -0.2) is 8.42 Å². The lowest BCUT2D eigenvalue weighted by Gasteiger charge is -2.03. The minimum atomic E-state index is -3.34. The Morgan fingerprint density at radius 2 is 1.94 bits per heavy atom. The topological polar surface area (TPSA) is 93.2 Å². The molecule has 0 aliphatic heterocycles. The van der Waals surface area contributed by atoms with Gasteiger partial charge in [0.05, 0.1) is 13.2 Å². The summed E-state index contributed by atoms with van der Waals surface area (Å²) < 4.78 is 28.3.